The van der Waals surface area contributed by atoms with E-state index in [9.17, 15) is 9.18 Å². The average molecular weight is 265 g/mol. The zero-order valence-corrected chi connectivity index (χ0v) is 11.5. The molecule has 0 aromatic heterocycles. The molecule has 1 amide bonds. The highest BCUT2D eigenvalue weighted by atomic mass is 19.1. The molecule has 1 saturated heterocycles. The van der Waals surface area contributed by atoms with Gasteiger partial charge in [-0.1, -0.05) is 19.1 Å². The summed E-state index contributed by atoms with van der Waals surface area (Å²) in [6, 6.07) is 4.87. The van der Waals surface area contributed by atoms with Crippen LogP contribution in [0, 0.1) is 18.2 Å². The van der Waals surface area contributed by atoms with Crippen molar-refractivity contribution < 1.29 is 13.9 Å². The molecular formula is C15H20FNO2. The standard InChI is InChI=1S/C15H20FNO2/c1-11-4-3-5-12(13(11)16)14(18)17-10-15(2)6-8-19-9-7-15/h3-5H,6-10H2,1-2H3,(H,17,18). The quantitative estimate of drug-likeness (QED) is 0.912. The van der Waals surface area contributed by atoms with Gasteiger partial charge in [0.15, 0.2) is 0 Å². The minimum absolute atomic E-state index is 0.0498. The number of halogens is 1. The van der Waals surface area contributed by atoms with Crippen LogP contribution in [0.3, 0.4) is 0 Å². The Balaban J connectivity index is 1.99. The van der Waals surface area contributed by atoms with Crippen LogP contribution in [-0.2, 0) is 4.74 Å². The van der Waals surface area contributed by atoms with Gasteiger partial charge in [0.25, 0.3) is 5.91 Å². The van der Waals surface area contributed by atoms with Crippen molar-refractivity contribution in [2.45, 2.75) is 26.7 Å². The third kappa shape index (κ3) is 3.32. The first-order valence-corrected chi connectivity index (χ1v) is 6.63. The summed E-state index contributed by atoms with van der Waals surface area (Å²) in [4.78, 5) is 12.0. The largest absolute Gasteiger partial charge is 0.381 e. The van der Waals surface area contributed by atoms with Gasteiger partial charge >= 0.3 is 0 Å². The second kappa shape index (κ2) is 5.70. The molecule has 1 aliphatic heterocycles. The lowest BCUT2D eigenvalue weighted by Crippen LogP contribution is -2.39. The van der Waals surface area contributed by atoms with E-state index in [0.717, 1.165) is 26.1 Å². The van der Waals surface area contributed by atoms with Crippen LogP contribution in [0.25, 0.3) is 0 Å². The summed E-state index contributed by atoms with van der Waals surface area (Å²) in [6.07, 6.45) is 1.84. The molecule has 1 N–H and O–H groups in total. The predicted octanol–water partition coefficient (Wildman–Crippen LogP) is 2.68. The van der Waals surface area contributed by atoms with E-state index in [0.29, 0.717) is 12.1 Å². The number of nitrogens with one attached hydrogen (secondary N) is 1. The fraction of sp³-hybridized carbons (Fsp3) is 0.533. The zero-order chi connectivity index (χ0) is 13.9. The van der Waals surface area contributed by atoms with Crippen LogP contribution in [0.2, 0.25) is 0 Å². The number of benzene rings is 1. The molecule has 1 aromatic rings. The van der Waals surface area contributed by atoms with Gasteiger partial charge < -0.3 is 10.1 Å². The Kier molecular flexibility index (Phi) is 4.20. The number of aryl methyl sites for hydroxylation is 1. The Labute approximate surface area is 113 Å². The number of ether oxygens (including phenoxy) is 1. The molecule has 1 heterocycles. The molecule has 1 aliphatic rings. The lowest BCUT2D eigenvalue weighted by atomic mass is 9.82. The van der Waals surface area contributed by atoms with Crippen molar-refractivity contribution in [3.8, 4) is 0 Å². The number of amides is 1. The molecule has 0 saturated carbocycles. The maximum atomic E-state index is 13.8. The minimum Gasteiger partial charge on any atom is -0.381 e. The predicted molar refractivity (Wildman–Crippen MR) is 71.6 cm³/mol. The molecule has 1 aromatic carbocycles. The van der Waals surface area contributed by atoms with Gasteiger partial charge in [-0.05, 0) is 36.8 Å². The molecule has 0 aliphatic carbocycles. The van der Waals surface area contributed by atoms with Crippen molar-refractivity contribution in [2.24, 2.45) is 5.41 Å². The fourth-order valence-corrected chi connectivity index (χ4v) is 2.25. The first kappa shape index (κ1) is 14.0. The monoisotopic (exact) mass is 265 g/mol. The molecule has 0 radical (unpaired) electrons. The summed E-state index contributed by atoms with van der Waals surface area (Å²) in [5.41, 5.74) is 0.661. The Morgan fingerprint density at radius 3 is 2.79 bits per heavy atom. The van der Waals surface area contributed by atoms with Gasteiger partial charge in [0, 0.05) is 19.8 Å². The molecule has 0 bridgehead atoms. The third-order valence-corrected chi connectivity index (χ3v) is 3.81. The van der Waals surface area contributed by atoms with Crippen LogP contribution in [0.15, 0.2) is 18.2 Å². The third-order valence-electron chi connectivity index (χ3n) is 3.81. The van der Waals surface area contributed by atoms with E-state index < -0.39 is 5.82 Å². The Morgan fingerprint density at radius 2 is 2.11 bits per heavy atom. The van der Waals surface area contributed by atoms with Gasteiger partial charge in [0.05, 0.1) is 5.56 Å². The van der Waals surface area contributed by atoms with E-state index >= 15 is 0 Å². The highest BCUT2D eigenvalue weighted by Crippen LogP contribution is 2.28. The molecule has 104 valence electrons. The topological polar surface area (TPSA) is 38.3 Å². The first-order valence-electron chi connectivity index (χ1n) is 6.63. The molecule has 1 fully saturated rings. The summed E-state index contributed by atoms with van der Waals surface area (Å²) >= 11 is 0. The normalized spacial score (nSPS) is 18.1. The smallest absolute Gasteiger partial charge is 0.254 e. The van der Waals surface area contributed by atoms with Crippen molar-refractivity contribution >= 4 is 5.91 Å². The van der Waals surface area contributed by atoms with Crippen molar-refractivity contribution in [2.75, 3.05) is 19.8 Å². The van der Waals surface area contributed by atoms with Crippen LogP contribution in [0.1, 0.15) is 35.7 Å². The van der Waals surface area contributed by atoms with Gasteiger partial charge in [-0.15, -0.1) is 0 Å². The van der Waals surface area contributed by atoms with Gasteiger partial charge in [0.2, 0.25) is 0 Å². The molecule has 2 rings (SSSR count). The van der Waals surface area contributed by atoms with Gasteiger partial charge in [-0.3, -0.25) is 4.79 Å². The second-order valence-electron chi connectivity index (χ2n) is 5.54. The molecule has 19 heavy (non-hydrogen) atoms. The Morgan fingerprint density at radius 1 is 1.42 bits per heavy atom. The van der Waals surface area contributed by atoms with E-state index in [-0.39, 0.29) is 16.9 Å². The van der Waals surface area contributed by atoms with E-state index in [1.54, 1.807) is 19.1 Å². The van der Waals surface area contributed by atoms with Crippen molar-refractivity contribution in [3.63, 3.8) is 0 Å². The molecular weight excluding hydrogens is 245 g/mol. The summed E-state index contributed by atoms with van der Waals surface area (Å²) in [5, 5.41) is 2.84. The minimum atomic E-state index is -0.433. The lowest BCUT2D eigenvalue weighted by molar-refractivity contribution is 0.0238. The molecule has 0 unspecified atom stereocenters. The van der Waals surface area contributed by atoms with Crippen LogP contribution >= 0.6 is 0 Å². The maximum Gasteiger partial charge on any atom is 0.254 e. The van der Waals surface area contributed by atoms with Gasteiger partial charge in [0.1, 0.15) is 5.82 Å². The van der Waals surface area contributed by atoms with Crippen LogP contribution in [0.4, 0.5) is 4.39 Å². The van der Waals surface area contributed by atoms with Crippen molar-refractivity contribution in [1.29, 1.82) is 0 Å². The Hall–Kier alpha value is -1.42. The highest BCUT2D eigenvalue weighted by Gasteiger charge is 2.28. The first-order chi connectivity index (χ1) is 9.02. The second-order valence-corrected chi connectivity index (χ2v) is 5.54. The lowest BCUT2D eigenvalue weighted by Gasteiger charge is -2.33. The van der Waals surface area contributed by atoms with Crippen LogP contribution in [-0.4, -0.2) is 25.7 Å². The fourth-order valence-electron chi connectivity index (χ4n) is 2.25. The number of carbonyl (C=O) groups is 1. The number of hydrogen-bond acceptors (Lipinski definition) is 2. The van der Waals surface area contributed by atoms with Crippen molar-refractivity contribution in [1.82, 2.24) is 5.32 Å². The zero-order valence-electron chi connectivity index (χ0n) is 11.5. The van der Waals surface area contributed by atoms with E-state index in [1.165, 1.54) is 6.07 Å². The number of rotatable bonds is 3. The van der Waals surface area contributed by atoms with E-state index in [1.807, 2.05) is 0 Å². The Bertz CT molecular complexity index is 467. The molecule has 0 spiro atoms. The summed E-state index contributed by atoms with van der Waals surface area (Å²) in [6.45, 7) is 5.80. The van der Waals surface area contributed by atoms with Gasteiger partial charge in [-0.25, -0.2) is 4.39 Å². The SMILES string of the molecule is Cc1cccc(C(=O)NCC2(C)CCOCC2)c1F. The summed E-state index contributed by atoms with van der Waals surface area (Å²) < 4.78 is 19.2. The molecule has 3 nitrogen and oxygen atoms in total. The number of carbonyl (C=O) groups excluding carboxylic acids is 1. The van der Waals surface area contributed by atoms with E-state index in [2.05, 4.69) is 12.2 Å². The molecule has 0 atom stereocenters. The maximum absolute atomic E-state index is 13.8. The van der Waals surface area contributed by atoms with Crippen molar-refractivity contribution in [3.05, 3.63) is 35.1 Å². The van der Waals surface area contributed by atoms with Crippen LogP contribution in [0.5, 0.6) is 0 Å². The van der Waals surface area contributed by atoms with E-state index in [4.69, 9.17) is 4.74 Å². The summed E-state index contributed by atoms with van der Waals surface area (Å²) in [5.74, 6) is -0.772. The highest BCUT2D eigenvalue weighted by molar-refractivity contribution is 5.94. The van der Waals surface area contributed by atoms with Crippen LogP contribution < -0.4 is 5.32 Å². The average Bonchev–Trinajstić information content (AvgIpc) is 2.40. The molecule has 4 heteroatoms. The van der Waals surface area contributed by atoms with Gasteiger partial charge in [-0.2, -0.15) is 0 Å². The number of hydrogen-bond donors (Lipinski definition) is 1. The summed E-state index contributed by atoms with van der Waals surface area (Å²) in [7, 11) is 0.